The summed E-state index contributed by atoms with van der Waals surface area (Å²) < 4.78 is 32.7. The monoisotopic (exact) mass is 381 g/mol. The Hall–Kier alpha value is -3.12. The van der Waals surface area contributed by atoms with Crippen molar-refractivity contribution >= 4 is 21.6 Å². The number of para-hydroxylation sites is 2. The number of methoxy groups -OCH3 is 1. The molecule has 0 spiro atoms. The molecule has 138 valence electrons. The number of hydrogen-bond donors (Lipinski definition) is 0. The molecule has 0 aliphatic heterocycles. The van der Waals surface area contributed by atoms with E-state index in [9.17, 15) is 13.2 Å². The molecule has 3 rings (SSSR count). The molecule has 1 amide bonds. The van der Waals surface area contributed by atoms with Gasteiger partial charge in [0.1, 0.15) is 5.75 Å². The Bertz CT molecular complexity index is 1050. The van der Waals surface area contributed by atoms with E-state index in [-0.39, 0.29) is 16.1 Å². The fourth-order valence-corrected chi connectivity index (χ4v) is 4.08. The van der Waals surface area contributed by atoms with Gasteiger partial charge < -0.3 is 4.74 Å². The van der Waals surface area contributed by atoms with Gasteiger partial charge in [-0.1, -0.05) is 48.0 Å². The molecule has 0 fully saturated rings. The highest BCUT2D eigenvalue weighted by molar-refractivity contribution is 7.93. The molecular formula is C21H19NO4S. The fraction of sp³-hybridized carbons (Fsp3) is 0.0952. The average molecular weight is 381 g/mol. The molecule has 0 atom stereocenters. The minimum Gasteiger partial charge on any atom is -0.496 e. The fourth-order valence-electron chi connectivity index (χ4n) is 2.67. The van der Waals surface area contributed by atoms with E-state index in [2.05, 4.69) is 0 Å². The van der Waals surface area contributed by atoms with E-state index in [1.54, 1.807) is 66.7 Å². The van der Waals surface area contributed by atoms with E-state index in [0.29, 0.717) is 5.75 Å². The van der Waals surface area contributed by atoms with E-state index in [1.807, 2.05) is 6.92 Å². The molecule has 0 aromatic heterocycles. The summed E-state index contributed by atoms with van der Waals surface area (Å²) in [6.07, 6.45) is 0. The van der Waals surface area contributed by atoms with Crippen molar-refractivity contribution < 1.29 is 17.9 Å². The number of hydrogen-bond acceptors (Lipinski definition) is 4. The SMILES string of the molecule is COc1ccccc1C(=O)N(c1ccccc1)S(=O)(=O)c1ccc(C)cc1. The van der Waals surface area contributed by atoms with Gasteiger partial charge in [0.15, 0.2) is 0 Å². The summed E-state index contributed by atoms with van der Waals surface area (Å²) in [6.45, 7) is 1.87. The molecule has 3 aromatic rings. The molecule has 5 nitrogen and oxygen atoms in total. The van der Waals surface area contributed by atoms with Crippen LogP contribution in [0.25, 0.3) is 0 Å². The molecule has 0 N–H and O–H groups in total. The Morgan fingerprint density at radius 1 is 0.852 bits per heavy atom. The summed E-state index contributed by atoms with van der Waals surface area (Å²) in [4.78, 5) is 13.3. The highest BCUT2D eigenvalue weighted by atomic mass is 32.2. The largest absolute Gasteiger partial charge is 0.496 e. The Morgan fingerprint density at radius 2 is 1.44 bits per heavy atom. The summed E-state index contributed by atoms with van der Waals surface area (Å²) in [6, 6.07) is 21.2. The third-order valence-electron chi connectivity index (χ3n) is 4.07. The maximum atomic E-state index is 13.3. The van der Waals surface area contributed by atoms with Gasteiger partial charge in [-0.05, 0) is 43.3 Å². The first-order chi connectivity index (χ1) is 12.9. The molecular weight excluding hydrogens is 362 g/mol. The quantitative estimate of drug-likeness (QED) is 0.669. The first-order valence-corrected chi connectivity index (χ1v) is 9.73. The zero-order valence-electron chi connectivity index (χ0n) is 15.0. The van der Waals surface area contributed by atoms with Crippen molar-refractivity contribution in [2.75, 3.05) is 11.4 Å². The molecule has 0 saturated heterocycles. The number of amides is 1. The van der Waals surface area contributed by atoms with Crippen LogP contribution >= 0.6 is 0 Å². The summed E-state index contributed by atoms with van der Waals surface area (Å²) in [5.74, 6) is -0.373. The van der Waals surface area contributed by atoms with Crippen LogP contribution in [0.5, 0.6) is 5.75 Å². The molecule has 0 saturated carbocycles. The van der Waals surface area contributed by atoms with Gasteiger partial charge in [-0.25, -0.2) is 8.42 Å². The first kappa shape index (κ1) is 18.7. The molecule has 3 aromatic carbocycles. The van der Waals surface area contributed by atoms with Crippen LogP contribution in [-0.2, 0) is 10.0 Å². The van der Waals surface area contributed by atoms with Crippen molar-refractivity contribution in [2.45, 2.75) is 11.8 Å². The summed E-state index contributed by atoms with van der Waals surface area (Å²) in [7, 11) is -2.68. The second-order valence-electron chi connectivity index (χ2n) is 5.92. The number of carbonyl (C=O) groups excluding carboxylic acids is 1. The number of benzene rings is 3. The van der Waals surface area contributed by atoms with E-state index in [0.717, 1.165) is 9.87 Å². The lowest BCUT2D eigenvalue weighted by molar-refractivity contribution is 0.100. The predicted octanol–water partition coefficient (Wildman–Crippen LogP) is 4.04. The number of sulfonamides is 1. The van der Waals surface area contributed by atoms with Crippen LogP contribution in [0.3, 0.4) is 0 Å². The average Bonchev–Trinajstić information content (AvgIpc) is 2.69. The standard InChI is InChI=1S/C21H19NO4S/c1-16-12-14-18(15-13-16)27(24,25)22(17-8-4-3-5-9-17)21(23)19-10-6-7-11-20(19)26-2/h3-15H,1-2H3. The maximum Gasteiger partial charge on any atom is 0.276 e. The van der Waals surface area contributed by atoms with Crippen LogP contribution in [0.2, 0.25) is 0 Å². The van der Waals surface area contributed by atoms with E-state index < -0.39 is 15.9 Å². The number of nitrogens with zero attached hydrogens (tertiary/aromatic N) is 1. The van der Waals surface area contributed by atoms with Crippen LogP contribution in [-0.4, -0.2) is 21.4 Å². The van der Waals surface area contributed by atoms with Gasteiger partial charge in [0.25, 0.3) is 15.9 Å². The minimum atomic E-state index is -4.12. The Balaban J connectivity index is 2.18. The van der Waals surface area contributed by atoms with E-state index in [1.165, 1.54) is 19.2 Å². The molecule has 0 unspecified atom stereocenters. The molecule has 0 radical (unpaired) electrons. The summed E-state index contributed by atoms with van der Waals surface area (Å²) in [5, 5.41) is 0. The Morgan fingerprint density at radius 3 is 2.07 bits per heavy atom. The molecule has 0 aliphatic carbocycles. The van der Waals surface area contributed by atoms with Crippen LogP contribution in [0.4, 0.5) is 5.69 Å². The zero-order valence-corrected chi connectivity index (χ0v) is 15.8. The van der Waals surface area contributed by atoms with Gasteiger partial charge >= 0.3 is 0 Å². The minimum absolute atomic E-state index is 0.0419. The third-order valence-corrected chi connectivity index (χ3v) is 5.80. The lowest BCUT2D eigenvalue weighted by Crippen LogP contribution is -2.37. The first-order valence-electron chi connectivity index (χ1n) is 8.29. The van der Waals surface area contributed by atoms with Crippen LogP contribution in [0.15, 0.2) is 83.8 Å². The van der Waals surface area contributed by atoms with E-state index in [4.69, 9.17) is 4.74 Å². The van der Waals surface area contributed by atoms with Crippen molar-refractivity contribution in [3.05, 3.63) is 90.0 Å². The number of rotatable bonds is 5. The van der Waals surface area contributed by atoms with Crippen molar-refractivity contribution in [3.8, 4) is 5.75 Å². The van der Waals surface area contributed by atoms with Crippen LogP contribution < -0.4 is 9.04 Å². The van der Waals surface area contributed by atoms with Crippen molar-refractivity contribution in [3.63, 3.8) is 0 Å². The third kappa shape index (κ3) is 3.71. The highest BCUT2D eigenvalue weighted by Crippen LogP contribution is 2.28. The Labute approximate surface area is 158 Å². The second kappa shape index (κ2) is 7.63. The molecule has 0 aliphatic rings. The van der Waals surface area contributed by atoms with E-state index >= 15 is 0 Å². The number of aryl methyl sites for hydroxylation is 1. The molecule has 27 heavy (non-hydrogen) atoms. The molecule has 0 bridgehead atoms. The van der Waals surface area contributed by atoms with Gasteiger partial charge in [-0.3, -0.25) is 4.79 Å². The Kier molecular flexibility index (Phi) is 5.28. The lowest BCUT2D eigenvalue weighted by Gasteiger charge is -2.23. The smallest absolute Gasteiger partial charge is 0.276 e. The number of carbonyl (C=O) groups is 1. The summed E-state index contributed by atoms with van der Waals surface area (Å²) >= 11 is 0. The van der Waals surface area contributed by atoms with Gasteiger partial charge in [-0.15, -0.1) is 0 Å². The van der Waals surface area contributed by atoms with Gasteiger partial charge in [0.05, 0.1) is 23.3 Å². The van der Waals surface area contributed by atoms with Crippen LogP contribution in [0.1, 0.15) is 15.9 Å². The van der Waals surface area contributed by atoms with Crippen molar-refractivity contribution in [1.82, 2.24) is 0 Å². The number of anilines is 1. The van der Waals surface area contributed by atoms with Gasteiger partial charge in [0, 0.05) is 0 Å². The van der Waals surface area contributed by atoms with Crippen molar-refractivity contribution in [1.29, 1.82) is 0 Å². The summed E-state index contributed by atoms with van der Waals surface area (Å²) in [5.41, 5.74) is 1.35. The second-order valence-corrected chi connectivity index (χ2v) is 7.71. The normalized spacial score (nSPS) is 11.0. The zero-order chi connectivity index (χ0) is 19.4. The maximum absolute atomic E-state index is 13.3. The lowest BCUT2D eigenvalue weighted by atomic mass is 10.2. The van der Waals surface area contributed by atoms with Crippen LogP contribution in [0, 0.1) is 6.92 Å². The van der Waals surface area contributed by atoms with Gasteiger partial charge in [-0.2, -0.15) is 4.31 Å². The predicted molar refractivity (Wildman–Crippen MR) is 105 cm³/mol. The van der Waals surface area contributed by atoms with Crippen molar-refractivity contribution in [2.24, 2.45) is 0 Å². The molecule has 6 heteroatoms. The highest BCUT2D eigenvalue weighted by Gasteiger charge is 2.33. The topological polar surface area (TPSA) is 63.7 Å². The van der Waals surface area contributed by atoms with Gasteiger partial charge in [0.2, 0.25) is 0 Å². The molecule has 0 heterocycles. The number of ether oxygens (including phenoxy) is 1.